The van der Waals surface area contributed by atoms with Crippen LogP contribution in [0.3, 0.4) is 0 Å². The van der Waals surface area contributed by atoms with Gasteiger partial charge in [-0.1, -0.05) is 13.8 Å². The second kappa shape index (κ2) is 7.03. The summed E-state index contributed by atoms with van der Waals surface area (Å²) in [5.41, 5.74) is -0.630. The molecule has 0 aromatic carbocycles. The number of carbonyl (C=O) groups is 3. The van der Waals surface area contributed by atoms with E-state index in [2.05, 4.69) is 24.5 Å². The van der Waals surface area contributed by atoms with E-state index in [-0.39, 0.29) is 23.8 Å². The lowest BCUT2D eigenvalue weighted by atomic mass is 9.49. The molecule has 6 nitrogen and oxygen atoms in total. The summed E-state index contributed by atoms with van der Waals surface area (Å²) in [5, 5.41) is 5.87. The highest BCUT2D eigenvalue weighted by atomic mass is 16.2. The zero-order valence-corrected chi connectivity index (χ0v) is 17.6. The zero-order valence-electron chi connectivity index (χ0n) is 17.6. The quantitative estimate of drug-likeness (QED) is 0.657. The average molecular weight is 390 g/mol. The first kappa shape index (κ1) is 19.7. The molecule has 6 heteroatoms. The molecule has 5 fully saturated rings. The highest BCUT2D eigenvalue weighted by Crippen LogP contribution is 2.59. The summed E-state index contributed by atoms with van der Waals surface area (Å²) < 4.78 is 0. The molecule has 1 heterocycles. The van der Waals surface area contributed by atoms with Crippen LogP contribution in [0, 0.1) is 29.1 Å². The van der Waals surface area contributed by atoms with Crippen LogP contribution < -0.4 is 10.6 Å². The van der Waals surface area contributed by atoms with Gasteiger partial charge in [0.15, 0.2) is 0 Å². The van der Waals surface area contributed by atoms with Gasteiger partial charge in [-0.3, -0.25) is 14.5 Å². The molecule has 0 aromatic heterocycles. The molecule has 0 aromatic rings. The number of hydrogen-bond acceptors (Lipinski definition) is 3. The van der Waals surface area contributed by atoms with Crippen molar-refractivity contribution in [2.24, 2.45) is 29.1 Å². The first-order chi connectivity index (χ1) is 13.2. The molecule has 5 rings (SSSR count). The van der Waals surface area contributed by atoms with Crippen molar-refractivity contribution in [3.63, 3.8) is 0 Å². The second-order valence-corrected chi connectivity index (χ2v) is 10.8. The first-order valence-electron chi connectivity index (χ1n) is 11.1. The van der Waals surface area contributed by atoms with Gasteiger partial charge in [0.25, 0.3) is 5.91 Å². The van der Waals surface area contributed by atoms with Gasteiger partial charge < -0.3 is 10.6 Å². The molecule has 1 atom stereocenters. The number of rotatable bonds is 7. The largest absolute Gasteiger partial charge is 0.354 e. The van der Waals surface area contributed by atoms with E-state index in [9.17, 15) is 14.4 Å². The van der Waals surface area contributed by atoms with Crippen LogP contribution in [-0.2, 0) is 9.59 Å². The summed E-state index contributed by atoms with van der Waals surface area (Å²) in [6.45, 7) is 6.49. The van der Waals surface area contributed by atoms with Gasteiger partial charge in [-0.2, -0.15) is 0 Å². The Labute approximate surface area is 168 Å². The number of nitrogens with one attached hydrogen (secondary N) is 2. The van der Waals surface area contributed by atoms with E-state index in [4.69, 9.17) is 0 Å². The molecule has 5 aliphatic rings. The molecule has 4 bridgehead atoms. The summed E-state index contributed by atoms with van der Waals surface area (Å²) in [4.78, 5) is 38.8. The van der Waals surface area contributed by atoms with Gasteiger partial charge in [0.05, 0.1) is 0 Å². The lowest BCUT2D eigenvalue weighted by Crippen LogP contribution is -2.52. The lowest BCUT2D eigenvalue weighted by Gasteiger charge is -2.56. The second-order valence-electron chi connectivity index (χ2n) is 10.8. The van der Waals surface area contributed by atoms with E-state index >= 15 is 0 Å². The van der Waals surface area contributed by atoms with Crippen LogP contribution in [0.5, 0.6) is 0 Å². The Hall–Kier alpha value is -1.59. The maximum atomic E-state index is 12.8. The summed E-state index contributed by atoms with van der Waals surface area (Å²) in [7, 11) is 0. The van der Waals surface area contributed by atoms with Crippen molar-refractivity contribution in [3.8, 4) is 0 Å². The Morgan fingerprint density at radius 3 is 2.25 bits per heavy atom. The Morgan fingerprint density at radius 2 is 1.71 bits per heavy atom. The van der Waals surface area contributed by atoms with Crippen LogP contribution in [-0.4, -0.2) is 41.4 Å². The molecular weight excluding hydrogens is 354 g/mol. The van der Waals surface area contributed by atoms with E-state index in [1.165, 1.54) is 38.5 Å². The molecule has 28 heavy (non-hydrogen) atoms. The van der Waals surface area contributed by atoms with E-state index in [1.807, 2.05) is 0 Å². The fraction of sp³-hybridized carbons (Fsp3) is 0.864. The monoisotopic (exact) mass is 389 g/mol. The molecule has 4 saturated carbocycles. The van der Waals surface area contributed by atoms with Crippen molar-refractivity contribution in [1.82, 2.24) is 15.5 Å². The smallest absolute Gasteiger partial charge is 0.325 e. The van der Waals surface area contributed by atoms with Gasteiger partial charge in [0.2, 0.25) is 5.91 Å². The van der Waals surface area contributed by atoms with Gasteiger partial charge in [0.1, 0.15) is 12.1 Å². The van der Waals surface area contributed by atoms with Crippen molar-refractivity contribution in [1.29, 1.82) is 0 Å². The van der Waals surface area contributed by atoms with Crippen LogP contribution in [0.4, 0.5) is 4.79 Å². The molecule has 4 aliphatic carbocycles. The van der Waals surface area contributed by atoms with Gasteiger partial charge in [0, 0.05) is 6.54 Å². The number of amides is 4. The topological polar surface area (TPSA) is 78.5 Å². The van der Waals surface area contributed by atoms with Crippen molar-refractivity contribution in [2.45, 2.75) is 77.7 Å². The molecule has 0 radical (unpaired) electrons. The predicted octanol–water partition coefficient (Wildman–Crippen LogP) is 3.07. The summed E-state index contributed by atoms with van der Waals surface area (Å²) in [5.74, 6) is 2.50. The number of carbonyl (C=O) groups excluding carboxylic acids is 3. The molecule has 4 amide bonds. The Kier molecular flexibility index (Phi) is 4.95. The van der Waals surface area contributed by atoms with E-state index in [0.29, 0.717) is 18.9 Å². The fourth-order valence-electron chi connectivity index (χ4n) is 6.63. The van der Waals surface area contributed by atoms with Gasteiger partial charge >= 0.3 is 6.03 Å². The summed E-state index contributed by atoms with van der Waals surface area (Å²) in [6.07, 6.45) is 9.29. The van der Waals surface area contributed by atoms with Crippen molar-refractivity contribution in [3.05, 3.63) is 0 Å². The van der Waals surface area contributed by atoms with Crippen LogP contribution in [0.25, 0.3) is 0 Å². The average Bonchev–Trinajstić information content (AvgIpc) is 2.81. The third kappa shape index (κ3) is 3.67. The van der Waals surface area contributed by atoms with Gasteiger partial charge in [-0.25, -0.2) is 4.79 Å². The zero-order chi connectivity index (χ0) is 20.1. The van der Waals surface area contributed by atoms with Crippen LogP contribution in [0.2, 0.25) is 0 Å². The third-order valence-corrected chi connectivity index (χ3v) is 7.69. The third-order valence-electron chi connectivity index (χ3n) is 7.69. The van der Waals surface area contributed by atoms with E-state index in [1.54, 1.807) is 6.92 Å². The number of nitrogens with zero attached hydrogens (tertiary/aromatic N) is 1. The summed E-state index contributed by atoms with van der Waals surface area (Å²) in [6, 6.07) is -0.443. The van der Waals surface area contributed by atoms with E-state index < -0.39 is 11.6 Å². The Bertz CT molecular complexity index is 639. The predicted molar refractivity (Wildman–Crippen MR) is 106 cm³/mol. The van der Waals surface area contributed by atoms with Crippen LogP contribution in [0.1, 0.15) is 72.1 Å². The normalized spacial score (nSPS) is 39.0. The molecule has 0 unspecified atom stereocenters. The Balaban J connectivity index is 1.31. The maximum absolute atomic E-state index is 12.8. The molecule has 156 valence electrons. The molecule has 0 spiro atoms. The van der Waals surface area contributed by atoms with Crippen LogP contribution in [0.15, 0.2) is 0 Å². The fourth-order valence-corrected chi connectivity index (χ4v) is 6.63. The number of imide groups is 1. The van der Waals surface area contributed by atoms with Crippen molar-refractivity contribution < 1.29 is 14.4 Å². The standard InChI is InChI=1S/C22H35N3O3/c1-14(2)4-5-21(3)19(27)25(20(28)24-21)12-18(26)23-13-22-9-15-6-16(10-22)8-17(7-15)11-22/h14-17H,4-13H2,1-3H3,(H,23,26)(H,24,28)/t15?,16?,17?,21-,22?/m1/s1. The maximum Gasteiger partial charge on any atom is 0.325 e. The van der Waals surface area contributed by atoms with Gasteiger partial charge in [-0.05, 0) is 87.4 Å². The minimum absolute atomic E-state index is 0.172. The van der Waals surface area contributed by atoms with Crippen LogP contribution >= 0.6 is 0 Å². The van der Waals surface area contributed by atoms with Crippen molar-refractivity contribution in [2.75, 3.05) is 13.1 Å². The van der Waals surface area contributed by atoms with Gasteiger partial charge in [-0.15, -0.1) is 0 Å². The summed E-state index contributed by atoms with van der Waals surface area (Å²) >= 11 is 0. The molecular formula is C22H35N3O3. The molecule has 1 aliphatic heterocycles. The Morgan fingerprint density at radius 1 is 1.14 bits per heavy atom. The molecule has 2 N–H and O–H groups in total. The minimum Gasteiger partial charge on any atom is -0.354 e. The highest BCUT2D eigenvalue weighted by Gasteiger charge is 2.51. The number of hydrogen-bond donors (Lipinski definition) is 2. The highest BCUT2D eigenvalue weighted by molar-refractivity contribution is 6.08. The van der Waals surface area contributed by atoms with E-state index in [0.717, 1.165) is 29.1 Å². The number of urea groups is 1. The molecule has 1 saturated heterocycles. The SMILES string of the molecule is CC(C)CC[C@@]1(C)NC(=O)N(CC(=O)NCC23CC4CC(CC(C4)C2)C3)C1=O. The van der Waals surface area contributed by atoms with Crippen molar-refractivity contribution >= 4 is 17.8 Å². The lowest BCUT2D eigenvalue weighted by molar-refractivity contribution is -0.135. The minimum atomic E-state index is -0.887. The first-order valence-corrected chi connectivity index (χ1v) is 11.1.